The summed E-state index contributed by atoms with van der Waals surface area (Å²) in [6, 6.07) is 17.3. The summed E-state index contributed by atoms with van der Waals surface area (Å²) < 4.78 is 0.256. The van der Waals surface area contributed by atoms with Crippen LogP contribution in [-0.2, 0) is 0 Å². The van der Waals surface area contributed by atoms with Crippen LogP contribution in [0.1, 0.15) is 0 Å². The Hall–Kier alpha value is -3.48. The lowest BCUT2D eigenvalue weighted by molar-refractivity contribution is -0.574. The summed E-state index contributed by atoms with van der Waals surface area (Å²) >= 11 is 0. The monoisotopic (exact) mass is 309 g/mol. The molecule has 3 rings (SSSR count). The summed E-state index contributed by atoms with van der Waals surface area (Å²) in [4.78, 5) is 22.6. The molecule has 23 heavy (non-hydrogen) atoms. The predicted molar refractivity (Wildman–Crippen MR) is 84.1 cm³/mol. The third kappa shape index (κ3) is 2.67. The van der Waals surface area contributed by atoms with Gasteiger partial charge in [-0.25, -0.2) is 0 Å². The summed E-state index contributed by atoms with van der Waals surface area (Å²) in [5, 5.41) is 22.9. The average Bonchev–Trinajstić information content (AvgIpc) is 2.58. The van der Waals surface area contributed by atoms with Gasteiger partial charge in [-0.1, -0.05) is 18.2 Å². The van der Waals surface area contributed by atoms with Gasteiger partial charge in [0.2, 0.25) is 0 Å². The molecule has 114 valence electrons. The molecule has 7 heteroatoms. The fourth-order valence-electron chi connectivity index (χ4n) is 2.26. The number of nitro benzene ring substituents is 1. The number of nitro groups is 1. The van der Waals surface area contributed by atoms with Gasteiger partial charge in [0.25, 0.3) is 11.4 Å². The van der Waals surface area contributed by atoms with Gasteiger partial charge in [0, 0.05) is 23.8 Å². The van der Waals surface area contributed by atoms with Crippen molar-refractivity contribution >= 4 is 5.69 Å². The molecule has 0 bridgehead atoms. The Morgan fingerprint density at radius 3 is 2.13 bits per heavy atom. The Bertz CT molecular complexity index is 918. The topological polar surface area (TPSA) is 94.1 Å². The van der Waals surface area contributed by atoms with Crippen LogP contribution in [-0.4, -0.2) is 9.77 Å². The summed E-state index contributed by atoms with van der Waals surface area (Å²) in [6.45, 7) is 0. The maximum atomic E-state index is 12.2. The molecule has 0 unspecified atom stereocenters. The van der Waals surface area contributed by atoms with Crippen LogP contribution in [0.25, 0.3) is 22.5 Å². The highest BCUT2D eigenvalue weighted by Crippen LogP contribution is 2.23. The smallest absolute Gasteiger partial charge is 0.299 e. The van der Waals surface area contributed by atoms with E-state index in [0.717, 1.165) is 0 Å². The van der Waals surface area contributed by atoms with E-state index in [1.165, 1.54) is 30.3 Å². The molecule has 0 fully saturated rings. The minimum Gasteiger partial charge on any atom is -0.755 e. The van der Waals surface area contributed by atoms with Crippen molar-refractivity contribution < 1.29 is 9.47 Å². The zero-order valence-electron chi connectivity index (χ0n) is 11.8. The highest BCUT2D eigenvalue weighted by molar-refractivity contribution is 5.63. The van der Waals surface area contributed by atoms with Crippen molar-refractivity contribution in [3.05, 3.63) is 87.0 Å². The van der Waals surface area contributed by atoms with E-state index in [2.05, 4.69) is 0 Å². The molecule has 0 aliphatic heterocycles. The number of hydrogen-bond donors (Lipinski definition) is 0. The molecule has 3 aromatic rings. The van der Waals surface area contributed by atoms with E-state index in [9.17, 15) is 20.2 Å². The second kappa shape index (κ2) is 5.72. The van der Waals surface area contributed by atoms with Gasteiger partial charge in [0.1, 0.15) is 5.69 Å². The quantitative estimate of drug-likeness (QED) is 0.422. The minimum atomic E-state index is -0.526. The lowest BCUT2D eigenvalue weighted by Gasteiger charge is -2.09. The molecular formula is C16H11N3O4. The van der Waals surface area contributed by atoms with Crippen LogP contribution in [0, 0.1) is 20.2 Å². The van der Waals surface area contributed by atoms with E-state index in [0.29, 0.717) is 11.1 Å². The van der Waals surface area contributed by atoms with Crippen LogP contribution >= 0.6 is 0 Å². The highest BCUT2D eigenvalue weighted by Gasteiger charge is 2.16. The van der Waals surface area contributed by atoms with Crippen molar-refractivity contribution in [1.82, 2.24) is 4.85 Å². The maximum Gasteiger partial charge on any atom is 0.299 e. The zero-order valence-corrected chi connectivity index (χ0v) is 11.8. The first kappa shape index (κ1) is 14.5. The van der Waals surface area contributed by atoms with Gasteiger partial charge < -0.3 is 5.21 Å². The third-order valence-corrected chi connectivity index (χ3v) is 3.42. The van der Waals surface area contributed by atoms with Crippen molar-refractivity contribution in [3.63, 3.8) is 0 Å². The van der Waals surface area contributed by atoms with Gasteiger partial charge in [-0.3, -0.25) is 10.1 Å². The average molecular weight is 309 g/mol. The predicted octanol–water partition coefficient (Wildman–Crippen LogP) is 2.99. The van der Waals surface area contributed by atoms with Crippen LogP contribution in [0.3, 0.4) is 0 Å². The Morgan fingerprint density at radius 1 is 0.870 bits per heavy atom. The number of aromatic nitrogens is 2. The van der Waals surface area contributed by atoms with Gasteiger partial charge in [0.15, 0.2) is 4.54 Å². The molecule has 0 aliphatic carbocycles. The Kier molecular flexibility index (Phi) is 3.60. The van der Waals surface area contributed by atoms with Gasteiger partial charge in [0.05, 0.1) is 15.4 Å². The molecule has 0 atom stereocenters. The fraction of sp³-hybridized carbons (Fsp3) is 0. The standard InChI is InChI=1S/C16H11N3O4/c20-17-15(12-4-2-1-3-5-12)10-11-16(18(17)21)13-6-8-14(9-7-13)19(22)23/h1-11H. The van der Waals surface area contributed by atoms with Crippen LogP contribution in [0.2, 0.25) is 0 Å². The summed E-state index contributed by atoms with van der Waals surface area (Å²) in [5.74, 6) is 0. The van der Waals surface area contributed by atoms with Crippen molar-refractivity contribution in [3.8, 4) is 22.5 Å². The van der Waals surface area contributed by atoms with Crippen molar-refractivity contribution in [2.45, 2.75) is 0 Å². The number of hydrogen-bond acceptors (Lipinski definition) is 4. The molecule has 2 aromatic carbocycles. The second-order valence-electron chi connectivity index (χ2n) is 4.82. The van der Waals surface area contributed by atoms with Crippen molar-refractivity contribution in [1.29, 1.82) is 0 Å². The third-order valence-electron chi connectivity index (χ3n) is 3.42. The van der Waals surface area contributed by atoms with Crippen molar-refractivity contribution in [2.24, 2.45) is 0 Å². The summed E-state index contributed by atoms with van der Waals surface area (Å²) in [5.41, 5.74) is 1.32. The molecule has 0 N–H and O–H groups in total. The van der Waals surface area contributed by atoms with E-state index in [-0.39, 0.29) is 26.5 Å². The number of non-ortho nitro benzene ring substituents is 1. The molecule has 0 aliphatic rings. The summed E-state index contributed by atoms with van der Waals surface area (Å²) in [7, 11) is 0. The second-order valence-corrected chi connectivity index (χ2v) is 4.82. The molecule has 0 amide bonds. The number of nitrogens with zero attached hydrogens (tertiary/aromatic N) is 3. The Labute approximate surface area is 130 Å². The first-order valence-corrected chi connectivity index (χ1v) is 6.74. The van der Waals surface area contributed by atoms with E-state index in [1.54, 1.807) is 30.3 Å². The lowest BCUT2D eigenvalue weighted by Crippen LogP contribution is -2.31. The fourth-order valence-corrected chi connectivity index (χ4v) is 2.26. The van der Waals surface area contributed by atoms with Gasteiger partial charge in [-0.15, -0.1) is 4.85 Å². The maximum absolute atomic E-state index is 12.2. The molecule has 1 heterocycles. The van der Waals surface area contributed by atoms with Gasteiger partial charge >= 0.3 is 0 Å². The molecule has 0 saturated heterocycles. The van der Waals surface area contributed by atoms with Gasteiger partial charge in [-0.2, -0.15) is 0 Å². The van der Waals surface area contributed by atoms with Crippen LogP contribution in [0.4, 0.5) is 5.69 Å². The summed E-state index contributed by atoms with van der Waals surface area (Å²) in [6.07, 6.45) is 0. The van der Waals surface area contributed by atoms with E-state index in [4.69, 9.17) is 0 Å². The highest BCUT2D eigenvalue weighted by atomic mass is 16.6. The lowest BCUT2D eigenvalue weighted by atomic mass is 10.1. The molecular weight excluding hydrogens is 298 g/mol. The molecule has 0 spiro atoms. The first-order valence-electron chi connectivity index (χ1n) is 6.74. The van der Waals surface area contributed by atoms with Crippen LogP contribution in [0.15, 0.2) is 66.7 Å². The largest absolute Gasteiger partial charge is 0.755 e. The van der Waals surface area contributed by atoms with E-state index >= 15 is 0 Å². The van der Waals surface area contributed by atoms with E-state index < -0.39 is 4.92 Å². The SMILES string of the molecule is O=[N+]([O-])c1ccc(-c2ccc(-c3ccccc3)[n+](=O)n2[O-])cc1. The number of benzene rings is 2. The molecule has 0 radical (unpaired) electrons. The van der Waals surface area contributed by atoms with Crippen LogP contribution in [0.5, 0.6) is 0 Å². The molecule has 0 saturated carbocycles. The number of rotatable bonds is 3. The molecule has 7 nitrogen and oxygen atoms in total. The zero-order chi connectivity index (χ0) is 16.4. The van der Waals surface area contributed by atoms with E-state index in [1.807, 2.05) is 6.07 Å². The van der Waals surface area contributed by atoms with Gasteiger partial charge in [-0.05, 0) is 30.3 Å². The Balaban J connectivity index is 2.07. The van der Waals surface area contributed by atoms with Crippen LogP contribution < -0.4 is 4.54 Å². The normalized spacial score (nSPS) is 10.4. The Morgan fingerprint density at radius 2 is 1.52 bits per heavy atom. The molecule has 1 aromatic heterocycles. The van der Waals surface area contributed by atoms with Crippen molar-refractivity contribution in [2.75, 3.05) is 0 Å². The minimum absolute atomic E-state index is 0.0814. The first-order chi connectivity index (χ1) is 11.1.